The van der Waals surface area contributed by atoms with Crippen molar-refractivity contribution in [2.75, 3.05) is 0 Å². The van der Waals surface area contributed by atoms with Crippen molar-refractivity contribution in [2.24, 2.45) is 0 Å². The highest BCUT2D eigenvalue weighted by atomic mass is 16.4. The summed E-state index contributed by atoms with van der Waals surface area (Å²) in [6.45, 7) is 3.86. The molecule has 1 atom stereocenters. The molecule has 1 unspecified atom stereocenters. The highest BCUT2D eigenvalue weighted by Gasteiger charge is 2.35. The van der Waals surface area contributed by atoms with E-state index in [0.29, 0.717) is 18.4 Å². The quantitative estimate of drug-likeness (QED) is 0.833. The molecule has 1 saturated carbocycles. The maximum Gasteiger partial charge on any atom is 0.323 e. The van der Waals surface area contributed by atoms with Crippen molar-refractivity contribution in [3.63, 3.8) is 0 Å². The van der Waals surface area contributed by atoms with Crippen LogP contribution in [0.5, 0.6) is 0 Å². The zero-order chi connectivity index (χ0) is 15.3. The molecule has 1 aromatic carbocycles. The predicted octanol–water partition coefficient (Wildman–Crippen LogP) is 3.95. The second-order valence-corrected chi connectivity index (χ2v) is 6.49. The van der Waals surface area contributed by atoms with Crippen LogP contribution in [0.25, 0.3) is 0 Å². The largest absolute Gasteiger partial charge is 0.480 e. The molecule has 0 heterocycles. The second kappa shape index (κ2) is 7.08. The maximum atomic E-state index is 11.5. The van der Waals surface area contributed by atoms with Crippen LogP contribution in [0.15, 0.2) is 30.3 Å². The lowest BCUT2D eigenvalue weighted by atomic mass is 9.80. The van der Waals surface area contributed by atoms with E-state index in [9.17, 15) is 9.90 Å². The summed E-state index contributed by atoms with van der Waals surface area (Å²) in [5, 5.41) is 12.9. The van der Waals surface area contributed by atoms with Gasteiger partial charge < -0.3 is 5.11 Å². The van der Waals surface area contributed by atoms with E-state index in [1.54, 1.807) is 0 Å². The Labute approximate surface area is 127 Å². The number of rotatable bonds is 6. The summed E-state index contributed by atoms with van der Waals surface area (Å²) in [6.07, 6.45) is 5.97. The molecular formula is C18H27NO2. The Balaban J connectivity index is 1.90. The summed E-state index contributed by atoms with van der Waals surface area (Å²) in [7, 11) is 0. The third-order valence-corrected chi connectivity index (χ3v) is 4.74. The molecule has 2 N–H and O–H groups in total. The van der Waals surface area contributed by atoms with Crippen molar-refractivity contribution in [3.05, 3.63) is 35.9 Å². The summed E-state index contributed by atoms with van der Waals surface area (Å²) in [5.41, 5.74) is 0.643. The first kappa shape index (κ1) is 16.0. The van der Waals surface area contributed by atoms with Gasteiger partial charge in [-0.25, -0.2) is 0 Å². The van der Waals surface area contributed by atoms with E-state index >= 15 is 0 Å². The summed E-state index contributed by atoms with van der Waals surface area (Å²) < 4.78 is 0. The number of hydrogen-bond acceptors (Lipinski definition) is 2. The molecule has 0 spiro atoms. The first-order valence-corrected chi connectivity index (χ1v) is 8.11. The molecule has 21 heavy (non-hydrogen) atoms. The topological polar surface area (TPSA) is 49.3 Å². The van der Waals surface area contributed by atoms with Crippen LogP contribution in [-0.4, -0.2) is 22.7 Å². The van der Waals surface area contributed by atoms with E-state index in [4.69, 9.17) is 0 Å². The standard InChI is InChI=1S/C18H27NO2/c1-3-13-18(2,17(20)21)19-16-11-9-15(10-12-16)14-7-5-4-6-8-14/h4-8,15-16,19H,3,9-13H2,1-2H3,(H,20,21). The van der Waals surface area contributed by atoms with E-state index in [-0.39, 0.29) is 0 Å². The highest BCUT2D eigenvalue weighted by Crippen LogP contribution is 2.33. The molecule has 2 rings (SSSR count). The lowest BCUT2D eigenvalue weighted by molar-refractivity contribution is -0.145. The van der Waals surface area contributed by atoms with Crippen LogP contribution in [0.3, 0.4) is 0 Å². The average molecular weight is 289 g/mol. The van der Waals surface area contributed by atoms with Gasteiger partial charge in [0, 0.05) is 6.04 Å². The van der Waals surface area contributed by atoms with Gasteiger partial charge in [-0.2, -0.15) is 0 Å². The van der Waals surface area contributed by atoms with Crippen LogP contribution in [0.4, 0.5) is 0 Å². The van der Waals surface area contributed by atoms with Crippen molar-refractivity contribution in [1.82, 2.24) is 5.32 Å². The van der Waals surface area contributed by atoms with Gasteiger partial charge in [0.05, 0.1) is 0 Å². The van der Waals surface area contributed by atoms with Gasteiger partial charge in [0.1, 0.15) is 5.54 Å². The molecule has 0 aliphatic heterocycles. The molecule has 116 valence electrons. The molecule has 0 saturated heterocycles. The molecule has 0 aromatic heterocycles. The highest BCUT2D eigenvalue weighted by molar-refractivity contribution is 5.78. The van der Waals surface area contributed by atoms with E-state index in [1.807, 2.05) is 13.8 Å². The Hall–Kier alpha value is -1.35. The van der Waals surface area contributed by atoms with E-state index in [2.05, 4.69) is 35.6 Å². The Bertz CT molecular complexity index is 452. The minimum atomic E-state index is -0.779. The predicted molar refractivity (Wildman–Crippen MR) is 85.5 cm³/mol. The molecular weight excluding hydrogens is 262 g/mol. The maximum absolute atomic E-state index is 11.5. The molecule has 1 aliphatic carbocycles. The minimum Gasteiger partial charge on any atom is -0.480 e. The normalized spacial score (nSPS) is 25.2. The van der Waals surface area contributed by atoms with Crippen molar-refractivity contribution in [2.45, 2.75) is 69.9 Å². The summed E-state index contributed by atoms with van der Waals surface area (Å²) in [6, 6.07) is 11.0. The van der Waals surface area contributed by atoms with Gasteiger partial charge in [0.2, 0.25) is 0 Å². The third-order valence-electron chi connectivity index (χ3n) is 4.74. The van der Waals surface area contributed by atoms with Gasteiger partial charge in [-0.05, 0) is 50.5 Å². The lowest BCUT2D eigenvalue weighted by Gasteiger charge is -2.36. The third kappa shape index (κ3) is 4.07. The lowest BCUT2D eigenvalue weighted by Crippen LogP contribution is -2.54. The van der Waals surface area contributed by atoms with Crippen LogP contribution in [0.2, 0.25) is 0 Å². The summed E-state index contributed by atoms with van der Waals surface area (Å²) in [4.78, 5) is 11.5. The fourth-order valence-corrected chi connectivity index (χ4v) is 3.49. The Morgan fingerprint density at radius 3 is 2.38 bits per heavy atom. The Kier molecular flexibility index (Phi) is 5.40. The molecule has 1 aliphatic rings. The van der Waals surface area contributed by atoms with E-state index in [0.717, 1.165) is 32.1 Å². The van der Waals surface area contributed by atoms with E-state index in [1.165, 1.54) is 5.56 Å². The first-order chi connectivity index (χ1) is 10.0. The zero-order valence-electron chi connectivity index (χ0n) is 13.1. The van der Waals surface area contributed by atoms with Gasteiger partial charge in [-0.3, -0.25) is 10.1 Å². The molecule has 1 fully saturated rings. The molecule has 1 aromatic rings. The van der Waals surface area contributed by atoms with Gasteiger partial charge in [0.25, 0.3) is 0 Å². The van der Waals surface area contributed by atoms with E-state index < -0.39 is 11.5 Å². The first-order valence-electron chi connectivity index (χ1n) is 8.11. The molecule has 0 amide bonds. The van der Waals surface area contributed by atoms with Gasteiger partial charge in [-0.1, -0.05) is 43.7 Å². The number of carboxylic acid groups (broad SMARTS) is 1. The van der Waals surface area contributed by atoms with Crippen molar-refractivity contribution in [3.8, 4) is 0 Å². The SMILES string of the molecule is CCCC(C)(NC1CCC(c2ccccc2)CC1)C(=O)O. The monoisotopic (exact) mass is 289 g/mol. The summed E-state index contributed by atoms with van der Waals surface area (Å²) in [5.74, 6) is -0.0963. The fraction of sp³-hybridized carbons (Fsp3) is 0.611. The van der Waals surface area contributed by atoms with Crippen LogP contribution in [0.1, 0.15) is 63.9 Å². The van der Waals surface area contributed by atoms with Crippen molar-refractivity contribution >= 4 is 5.97 Å². The van der Waals surface area contributed by atoms with Crippen LogP contribution in [0, 0.1) is 0 Å². The average Bonchev–Trinajstić information content (AvgIpc) is 2.49. The van der Waals surface area contributed by atoms with Gasteiger partial charge >= 0.3 is 5.97 Å². The molecule has 0 radical (unpaired) electrons. The Morgan fingerprint density at radius 2 is 1.86 bits per heavy atom. The van der Waals surface area contributed by atoms with Gasteiger partial charge in [0.15, 0.2) is 0 Å². The minimum absolute atomic E-state index is 0.331. The number of nitrogens with one attached hydrogen (secondary N) is 1. The number of benzene rings is 1. The molecule has 0 bridgehead atoms. The zero-order valence-corrected chi connectivity index (χ0v) is 13.1. The number of carboxylic acids is 1. The smallest absolute Gasteiger partial charge is 0.323 e. The second-order valence-electron chi connectivity index (χ2n) is 6.49. The number of carbonyl (C=O) groups is 1. The fourth-order valence-electron chi connectivity index (χ4n) is 3.49. The van der Waals surface area contributed by atoms with Crippen LogP contribution in [-0.2, 0) is 4.79 Å². The molecule has 3 nitrogen and oxygen atoms in total. The van der Waals surface area contributed by atoms with Crippen LogP contribution >= 0.6 is 0 Å². The number of aliphatic carboxylic acids is 1. The van der Waals surface area contributed by atoms with Crippen molar-refractivity contribution < 1.29 is 9.90 Å². The molecule has 3 heteroatoms. The van der Waals surface area contributed by atoms with Crippen LogP contribution < -0.4 is 5.32 Å². The number of hydrogen-bond donors (Lipinski definition) is 2. The van der Waals surface area contributed by atoms with Gasteiger partial charge in [-0.15, -0.1) is 0 Å². The Morgan fingerprint density at radius 1 is 1.24 bits per heavy atom. The van der Waals surface area contributed by atoms with Crippen molar-refractivity contribution in [1.29, 1.82) is 0 Å². The summed E-state index contributed by atoms with van der Waals surface area (Å²) >= 11 is 0.